The predicted octanol–water partition coefficient (Wildman–Crippen LogP) is 1.03. The van der Waals surface area contributed by atoms with Gasteiger partial charge in [0.15, 0.2) is 0 Å². The maximum Gasteiger partial charge on any atom is 0.249 e. The Bertz CT molecular complexity index is 615. The average molecular weight is 346 g/mol. The molecule has 0 unspecified atom stereocenters. The van der Waals surface area contributed by atoms with E-state index in [1.54, 1.807) is 16.8 Å². The van der Waals surface area contributed by atoms with Crippen LogP contribution in [-0.4, -0.2) is 65.2 Å². The SMILES string of the molecule is C[C@H]1OCC(=O)N(Cc2ccccc2)[C@@H]1C(=O)N(C)CC1CC(O)C1. The number of hydrogen-bond acceptors (Lipinski definition) is 4. The molecule has 136 valence electrons. The lowest BCUT2D eigenvalue weighted by Gasteiger charge is -2.42. The van der Waals surface area contributed by atoms with Crippen LogP contribution in [0.15, 0.2) is 30.3 Å². The van der Waals surface area contributed by atoms with E-state index >= 15 is 0 Å². The molecule has 2 atom stereocenters. The van der Waals surface area contributed by atoms with Crippen LogP contribution in [0.2, 0.25) is 0 Å². The van der Waals surface area contributed by atoms with Crippen molar-refractivity contribution in [1.82, 2.24) is 9.80 Å². The molecular formula is C19H26N2O4. The number of carbonyl (C=O) groups is 2. The fourth-order valence-electron chi connectivity index (χ4n) is 3.64. The Morgan fingerprint density at radius 2 is 2.00 bits per heavy atom. The highest BCUT2D eigenvalue weighted by atomic mass is 16.5. The number of likely N-dealkylation sites (N-methyl/N-ethyl adjacent to an activating group) is 1. The van der Waals surface area contributed by atoms with Gasteiger partial charge in [-0.3, -0.25) is 9.59 Å². The van der Waals surface area contributed by atoms with Gasteiger partial charge in [0.2, 0.25) is 11.8 Å². The normalized spacial score (nSPS) is 29.2. The number of rotatable bonds is 5. The van der Waals surface area contributed by atoms with Crippen LogP contribution in [-0.2, 0) is 20.9 Å². The van der Waals surface area contributed by atoms with Crippen molar-refractivity contribution in [3.63, 3.8) is 0 Å². The van der Waals surface area contributed by atoms with Gasteiger partial charge in [0.25, 0.3) is 0 Å². The van der Waals surface area contributed by atoms with Crippen molar-refractivity contribution >= 4 is 11.8 Å². The van der Waals surface area contributed by atoms with E-state index in [9.17, 15) is 14.7 Å². The molecule has 2 aliphatic rings. The van der Waals surface area contributed by atoms with E-state index in [1.807, 2.05) is 37.3 Å². The van der Waals surface area contributed by atoms with Gasteiger partial charge in [0.1, 0.15) is 12.6 Å². The fourth-order valence-corrected chi connectivity index (χ4v) is 3.64. The van der Waals surface area contributed by atoms with Crippen LogP contribution in [0.3, 0.4) is 0 Å². The van der Waals surface area contributed by atoms with Crippen molar-refractivity contribution in [2.24, 2.45) is 5.92 Å². The van der Waals surface area contributed by atoms with Crippen LogP contribution in [0.1, 0.15) is 25.3 Å². The third-order valence-electron chi connectivity index (χ3n) is 5.14. The van der Waals surface area contributed by atoms with Gasteiger partial charge in [0, 0.05) is 20.1 Å². The summed E-state index contributed by atoms with van der Waals surface area (Å²) < 4.78 is 5.53. The minimum atomic E-state index is -0.614. The Morgan fingerprint density at radius 3 is 2.64 bits per heavy atom. The molecule has 6 nitrogen and oxygen atoms in total. The maximum atomic E-state index is 13.0. The quantitative estimate of drug-likeness (QED) is 0.865. The van der Waals surface area contributed by atoms with Crippen molar-refractivity contribution in [3.05, 3.63) is 35.9 Å². The van der Waals surface area contributed by atoms with E-state index in [1.165, 1.54) is 0 Å². The molecule has 1 heterocycles. The summed E-state index contributed by atoms with van der Waals surface area (Å²) >= 11 is 0. The first-order chi connectivity index (χ1) is 12.0. The largest absolute Gasteiger partial charge is 0.393 e. The summed E-state index contributed by atoms with van der Waals surface area (Å²) in [5, 5.41) is 9.43. The number of hydrogen-bond donors (Lipinski definition) is 1. The molecule has 25 heavy (non-hydrogen) atoms. The molecule has 0 radical (unpaired) electrons. The van der Waals surface area contributed by atoms with Crippen molar-refractivity contribution in [2.75, 3.05) is 20.2 Å². The highest BCUT2D eigenvalue weighted by Crippen LogP contribution is 2.28. The lowest BCUT2D eigenvalue weighted by molar-refractivity contribution is -0.167. The van der Waals surface area contributed by atoms with Crippen molar-refractivity contribution < 1.29 is 19.4 Å². The summed E-state index contributed by atoms with van der Waals surface area (Å²) in [6.45, 7) is 2.86. The highest BCUT2D eigenvalue weighted by Gasteiger charge is 2.41. The zero-order valence-corrected chi connectivity index (χ0v) is 14.8. The van der Waals surface area contributed by atoms with E-state index in [-0.39, 0.29) is 30.6 Å². The molecule has 1 saturated heterocycles. The molecule has 2 amide bonds. The number of ether oxygens (including phenoxy) is 1. The molecule has 6 heteroatoms. The van der Waals surface area contributed by atoms with Gasteiger partial charge >= 0.3 is 0 Å². The Morgan fingerprint density at radius 1 is 1.32 bits per heavy atom. The van der Waals surface area contributed by atoms with E-state index < -0.39 is 6.04 Å². The minimum absolute atomic E-state index is 0.0102. The molecule has 0 bridgehead atoms. The van der Waals surface area contributed by atoms with Gasteiger partial charge < -0.3 is 19.6 Å². The van der Waals surface area contributed by atoms with Gasteiger partial charge in [-0.25, -0.2) is 0 Å². The summed E-state index contributed by atoms with van der Waals surface area (Å²) in [6, 6.07) is 9.07. The van der Waals surface area contributed by atoms with Crippen molar-refractivity contribution in [2.45, 2.75) is 44.6 Å². The second kappa shape index (κ2) is 7.54. The monoisotopic (exact) mass is 346 g/mol. The molecule has 1 aromatic rings. The highest BCUT2D eigenvalue weighted by molar-refractivity contribution is 5.89. The second-order valence-corrected chi connectivity index (χ2v) is 7.18. The first-order valence-electron chi connectivity index (χ1n) is 8.83. The molecule has 0 aromatic heterocycles. The first-order valence-corrected chi connectivity index (χ1v) is 8.83. The van der Waals surface area contributed by atoms with Gasteiger partial charge in [-0.2, -0.15) is 0 Å². The molecule has 1 aromatic carbocycles. The van der Waals surface area contributed by atoms with Crippen LogP contribution in [0.5, 0.6) is 0 Å². The van der Waals surface area contributed by atoms with Crippen LogP contribution in [0.4, 0.5) is 0 Å². The van der Waals surface area contributed by atoms with E-state index in [0.717, 1.165) is 18.4 Å². The second-order valence-electron chi connectivity index (χ2n) is 7.18. The third-order valence-corrected chi connectivity index (χ3v) is 5.14. The lowest BCUT2D eigenvalue weighted by Crippen LogP contribution is -2.60. The number of nitrogens with zero attached hydrogens (tertiary/aromatic N) is 2. The van der Waals surface area contributed by atoms with Crippen LogP contribution in [0.25, 0.3) is 0 Å². The maximum absolute atomic E-state index is 13.0. The van der Waals surface area contributed by atoms with Gasteiger partial charge in [0.05, 0.1) is 12.2 Å². The Labute approximate surface area is 148 Å². The van der Waals surface area contributed by atoms with Gasteiger partial charge in [-0.05, 0) is 31.2 Å². The Hall–Kier alpha value is -1.92. The molecule has 1 aliphatic carbocycles. The van der Waals surface area contributed by atoms with E-state index in [0.29, 0.717) is 19.0 Å². The van der Waals surface area contributed by atoms with Crippen LogP contribution in [0, 0.1) is 5.92 Å². The molecule has 2 fully saturated rings. The summed E-state index contributed by atoms with van der Waals surface area (Å²) in [7, 11) is 1.76. The summed E-state index contributed by atoms with van der Waals surface area (Å²) in [5.74, 6) is 0.0766. The van der Waals surface area contributed by atoms with Crippen molar-refractivity contribution in [1.29, 1.82) is 0 Å². The van der Waals surface area contributed by atoms with Gasteiger partial charge in [-0.1, -0.05) is 30.3 Å². The predicted molar refractivity (Wildman–Crippen MR) is 92.6 cm³/mol. The molecule has 1 aliphatic heterocycles. The number of aliphatic hydroxyl groups is 1. The fraction of sp³-hybridized carbons (Fsp3) is 0.579. The van der Waals surface area contributed by atoms with Crippen molar-refractivity contribution in [3.8, 4) is 0 Å². The van der Waals surface area contributed by atoms with Gasteiger partial charge in [-0.15, -0.1) is 0 Å². The molecule has 3 rings (SSSR count). The number of amides is 2. The number of carbonyl (C=O) groups excluding carboxylic acids is 2. The molecule has 1 N–H and O–H groups in total. The Balaban J connectivity index is 1.72. The van der Waals surface area contributed by atoms with E-state index in [4.69, 9.17) is 4.74 Å². The molecule has 1 saturated carbocycles. The van der Waals surface area contributed by atoms with E-state index in [2.05, 4.69) is 0 Å². The van der Waals surface area contributed by atoms with Crippen LogP contribution >= 0.6 is 0 Å². The molecular weight excluding hydrogens is 320 g/mol. The number of benzene rings is 1. The first kappa shape index (κ1) is 17.9. The zero-order chi connectivity index (χ0) is 18.0. The smallest absolute Gasteiger partial charge is 0.249 e. The minimum Gasteiger partial charge on any atom is -0.393 e. The number of morpholine rings is 1. The lowest BCUT2D eigenvalue weighted by atomic mass is 9.82. The number of aliphatic hydroxyl groups excluding tert-OH is 1. The molecule has 0 spiro atoms. The van der Waals surface area contributed by atoms with Crippen LogP contribution < -0.4 is 0 Å². The summed E-state index contributed by atoms with van der Waals surface area (Å²) in [6.07, 6.45) is 0.895. The standard InChI is InChI=1S/C19H26N2O4/c1-13-18(19(24)20(2)10-15-8-16(22)9-15)21(17(23)12-25-13)11-14-6-4-3-5-7-14/h3-7,13,15-16,18,22H,8-12H2,1-2H3/t13-,15?,16?,18+/m1/s1. The average Bonchev–Trinajstić information content (AvgIpc) is 2.57. The Kier molecular flexibility index (Phi) is 5.39. The topological polar surface area (TPSA) is 70.1 Å². The summed E-state index contributed by atoms with van der Waals surface area (Å²) in [4.78, 5) is 28.7. The third kappa shape index (κ3) is 4.02. The zero-order valence-electron chi connectivity index (χ0n) is 14.8. The summed E-state index contributed by atoms with van der Waals surface area (Å²) in [5.41, 5.74) is 0.993.